The number of hydrogen-bond acceptors (Lipinski definition) is 3. The Bertz CT molecular complexity index is 1130. The topological polar surface area (TPSA) is 68.0 Å². The number of pyridine rings is 1. The number of aryl methyl sites for hydroxylation is 1. The number of hydrogen-bond donors (Lipinski definition) is 1. The molecule has 0 fully saturated rings. The van der Waals surface area contributed by atoms with Crippen molar-refractivity contribution in [3.63, 3.8) is 0 Å². The van der Waals surface area contributed by atoms with E-state index in [4.69, 9.17) is 11.6 Å². The average Bonchev–Trinajstić information content (AvgIpc) is 2.93. The van der Waals surface area contributed by atoms with Crippen LogP contribution in [0.4, 0.5) is 0 Å². The van der Waals surface area contributed by atoms with Gasteiger partial charge in [-0.2, -0.15) is 5.10 Å². The highest BCUT2D eigenvalue weighted by Crippen LogP contribution is 2.26. The van der Waals surface area contributed by atoms with Crippen LogP contribution in [0.15, 0.2) is 48.7 Å². The molecule has 6 heteroatoms. The second kappa shape index (κ2) is 5.86. The van der Waals surface area contributed by atoms with E-state index in [9.17, 15) is 9.90 Å². The van der Waals surface area contributed by atoms with Crippen LogP contribution in [0.1, 0.15) is 21.6 Å². The number of rotatable bonds is 3. The minimum atomic E-state index is -1.06. The lowest BCUT2D eigenvalue weighted by Crippen LogP contribution is -2.05. The van der Waals surface area contributed by atoms with E-state index in [1.165, 1.54) is 0 Å². The second-order valence-corrected chi connectivity index (χ2v) is 6.38. The molecular formula is C19H14ClN3O2. The number of benzene rings is 2. The van der Waals surface area contributed by atoms with Crippen LogP contribution in [0.25, 0.3) is 21.8 Å². The lowest BCUT2D eigenvalue weighted by atomic mass is 10.1. The van der Waals surface area contributed by atoms with Gasteiger partial charge >= 0.3 is 5.97 Å². The zero-order chi connectivity index (χ0) is 17.6. The first-order valence-corrected chi connectivity index (χ1v) is 8.14. The maximum absolute atomic E-state index is 11.6. The molecule has 1 N–H and O–H groups in total. The summed E-state index contributed by atoms with van der Waals surface area (Å²) < 4.78 is 1.68. The van der Waals surface area contributed by atoms with Crippen LogP contribution in [0.3, 0.4) is 0 Å². The molecule has 0 aliphatic rings. The lowest BCUT2D eigenvalue weighted by Gasteiger charge is -2.07. The lowest BCUT2D eigenvalue weighted by molar-refractivity contribution is 0.0691. The minimum absolute atomic E-state index is 0.0192. The zero-order valence-electron chi connectivity index (χ0n) is 13.4. The van der Waals surface area contributed by atoms with E-state index >= 15 is 0 Å². The van der Waals surface area contributed by atoms with Crippen molar-refractivity contribution in [3.8, 4) is 0 Å². The smallest absolute Gasteiger partial charge is 0.357 e. The molecule has 25 heavy (non-hydrogen) atoms. The number of aromatic nitrogens is 3. The Hall–Kier alpha value is -2.92. The number of carboxylic acids is 1. The van der Waals surface area contributed by atoms with E-state index in [0.29, 0.717) is 17.0 Å². The van der Waals surface area contributed by atoms with E-state index in [0.717, 1.165) is 27.5 Å². The number of aromatic carboxylic acids is 1. The summed E-state index contributed by atoms with van der Waals surface area (Å²) in [5, 5.41) is 16.0. The molecule has 0 radical (unpaired) electrons. The van der Waals surface area contributed by atoms with Gasteiger partial charge in [-0.05, 0) is 42.3 Å². The van der Waals surface area contributed by atoms with Crippen molar-refractivity contribution in [3.05, 3.63) is 70.5 Å². The first-order chi connectivity index (χ1) is 12.0. The van der Waals surface area contributed by atoms with Crippen molar-refractivity contribution in [1.82, 2.24) is 14.8 Å². The fourth-order valence-electron chi connectivity index (χ4n) is 2.96. The Morgan fingerprint density at radius 1 is 1.24 bits per heavy atom. The Labute approximate surface area is 148 Å². The molecule has 2 heterocycles. The van der Waals surface area contributed by atoms with E-state index in [2.05, 4.69) is 10.1 Å². The number of carbonyl (C=O) groups is 1. The molecule has 0 spiro atoms. The quantitative estimate of drug-likeness (QED) is 0.597. The molecule has 5 nitrogen and oxygen atoms in total. The molecule has 0 bridgehead atoms. The average molecular weight is 352 g/mol. The van der Waals surface area contributed by atoms with Gasteiger partial charge in [0.05, 0.1) is 17.6 Å². The van der Waals surface area contributed by atoms with Gasteiger partial charge < -0.3 is 5.11 Å². The highest BCUT2D eigenvalue weighted by molar-refractivity contribution is 6.31. The maximum Gasteiger partial charge on any atom is 0.357 e. The molecule has 4 rings (SSSR count). The van der Waals surface area contributed by atoms with Crippen LogP contribution in [0, 0.1) is 6.92 Å². The minimum Gasteiger partial charge on any atom is -0.476 e. The fraction of sp³-hybridized carbons (Fsp3) is 0.105. The van der Waals surface area contributed by atoms with E-state index < -0.39 is 5.97 Å². The second-order valence-electron chi connectivity index (χ2n) is 5.97. The molecule has 0 aliphatic heterocycles. The van der Waals surface area contributed by atoms with E-state index in [1.54, 1.807) is 16.9 Å². The molecule has 0 saturated heterocycles. The summed E-state index contributed by atoms with van der Waals surface area (Å²) >= 11 is 6.33. The normalized spacial score (nSPS) is 11.3. The first-order valence-electron chi connectivity index (χ1n) is 7.76. The SMILES string of the molecule is Cc1ccc(Cn2nc(C(=O)O)c3cc4ncccc4cc32)c(Cl)c1. The first kappa shape index (κ1) is 15.6. The molecule has 0 aliphatic carbocycles. The summed E-state index contributed by atoms with van der Waals surface area (Å²) in [5.41, 5.74) is 3.47. The van der Waals surface area contributed by atoms with Crippen molar-refractivity contribution in [1.29, 1.82) is 0 Å². The number of fused-ring (bicyclic) bond motifs is 2. The Morgan fingerprint density at radius 2 is 2.08 bits per heavy atom. The maximum atomic E-state index is 11.6. The Balaban J connectivity index is 1.93. The Morgan fingerprint density at radius 3 is 2.84 bits per heavy atom. The zero-order valence-corrected chi connectivity index (χ0v) is 14.2. The van der Waals surface area contributed by atoms with E-state index in [1.807, 2.05) is 43.3 Å². The molecule has 0 unspecified atom stereocenters. The van der Waals surface area contributed by atoms with Gasteiger partial charge in [0.15, 0.2) is 5.69 Å². The van der Waals surface area contributed by atoms with Crippen LogP contribution in [-0.4, -0.2) is 25.8 Å². The third-order valence-electron chi connectivity index (χ3n) is 4.21. The molecule has 0 saturated carbocycles. The predicted molar refractivity (Wildman–Crippen MR) is 97.3 cm³/mol. The van der Waals surface area contributed by atoms with Crippen molar-refractivity contribution < 1.29 is 9.90 Å². The standard InChI is InChI=1S/C19H14ClN3O2/c1-11-4-5-13(15(20)7-11)10-23-17-8-12-3-2-6-21-16(12)9-14(17)18(22-23)19(24)25/h2-9H,10H2,1H3,(H,24,25). The molecule has 0 amide bonds. The van der Waals surface area contributed by atoms with Crippen molar-refractivity contribution in [2.24, 2.45) is 0 Å². The largest absolute Gasteiger partial charge is 0.476 e. The van der Waals surface area contributed by atoms with Crippen molar-refractivity contribution in [2.75, 3.05) is 0 Å². The monoisotopic (exact) mass is 351 g/mol. The van der Waals surface area contributed by atoms with Crippen LogP contribution >= 0.6 is 11.6 Å². The van der Waals surface area contributed by atoms with Gasteiger partial charge in [-0.25, -0.2) is 4.79 Å². The van der Waals surface area contributed by atoms with Crippen molar-refractivity contribution in [2.45, 2.75) is 13.5 Å². The highest BCUT2D eigenvalue weighted by atomic mass is 35.5. The number of carboxylic acid groups (broad SMARTS) is 1. The summed E-state index contributed by atoms with van der Waals surface area (Å²) in [6, 6.07) is 13.3. The van der Waals surface area contributed by atoms with Crippen LogP contribution in [0.2, 0.25) is 5.02 Å². The van der Waals surface area contributed by atoms with Gasteiger partial charge in [-0.1, -0.05) is 29.8 Å². The van der Waals surface area contributed by atoms with Crippen molar-refractivity contribution >= 4 is 39.4 Å². The number of nitrogens with zero attached hydrogens (tertiary/aromatic N) is 3. The van der Waals surface area contributed by atoms with Crippen LogP contribution < -0.4 is 0 Å². The van der Waals surface area contributed by atoms with Gasteiger partial charge in [0, 0.05) is 22.0 Å². The van der Waals surface area contributed by atoms with Gasteiger partial charge in [0.25, 0.3) is 0 Å². The van der Waals surface area contributed by atoms with Gasteiger partial charge in [0.2, 0.25) is 0 Å². The molecule has 0 atom stereocenters. The predicted octanol–water partition coefficient (Wildman–Crippen LogP) is 4.29. The van der Waals surface area contributed by atoms with E-state index in [-0.39, 0.29) is 5.69 Å². The van der Waals surface area contributed by atoms with Gasteiger partial charge in [-0.3, -0.25) is 9.67 Å². The molecule has 124 valence electrons. The molecule has 2 aromatic carbocycles. The summed E-state index contributed by atoms with van der Waals surface area (Å²) in [4.78, 5) is 15.9. The Kier molecular flexibility index (Phi) is 3.66. The third kappa shape index (κ3) is 2.72. The fourth-order valence-corrected chi connectivity index (χ4v) is 3.26. The summed E-state index contributed by atoms with van der Waals surface area (Å²) in [7, 11) is 0. The van der Waals surface area contributed by atoms with Crippen LogP contribution in [0.5, 0.6) is 0 Å². The summed E-state index contributed by atoms with van der Waals surface area (Å²) in [6.45, 7) is 2.37. The van der Waals surface area contributed by atoms with Crippen LogP contribution in [-0.2, 0) is 6.54 Å². The van der Waals surface area contributed by atoms with Gasteiger partial charge in [0.1, 0.15) is 0 Å². The molecular weight excluding hydrogens is 338 g/mol. The summed E-state index contributed by atoms with van der Waals surface area (Å²) in [5.74, 6) is -1.06. The third-order valence-corrected chi connectivity index (χ3v) is 4.56. The number of halogens is 1. The molecule has 2 aromatic heterocycles. The van der Waals surface area contributed by atoms with Gasteiger partial charge in [-0.15, -0.1) is 0 Å². The summed E-state index contributed by atoms with van der Waals surface area (Å²) in [6.07, 6.45) is 1.69. The highest BCUT2D eigenvalue weighted by Gasteiger charge is 2.18. The molecule has 4 aromatic rings.